The minimum atomic E-state index is -0.446. The Morgan fingerprint density at radius 3 is 2.41 bits per heavy atom. The van der Waals surface area contributed by atoms with Gasteiger partial charge in [0.25, 0.3) is 0 Å². The molecule has 1 fully saturated rings. The second-order valence-electron chi connectivity index (χ2n) is 4.51. The molecule has 1 saturated heterocycles. The number of hydrogen-bond donors (Lipinski definition) is 2. The van der Waals surface area contributed by atoms with Crippen molar-refractivity contribution in [1.82, 2.24) is 10.2 Å². The molecule has 1 rings (SSSR count). The van der Waals surface area contributed by atoms with E-state index >= 15 is 0 Å². The van der Waals surface area contributed by atoms with E-state index in [1.807, 2.05) is 11.8 Å². The van der Waals surface area contributed by atoms with Gasteiger partial charge in [-0.05, 0) is 37.4 Å². The van der Waals surface area contributed by atoms with Crippen LogP contribution in [-0.4, -0.2) is 54.0 Å². The van der Waals surface area contributed by atoms with Crippen molar-refractivity contribution in [2.24, 2.45) is 5.73 Å². The lowest BCUT2D eigenvalue weighted by atomic mass is 9.91. The molecule has 0 saturated carbocycles. The first kappa shape index (κ1) is 14.8. The molecule has 0 aromatic carbocycles. The van der Waals surface area contributed by atoms with Crippen LogP contribution < -0.4 is 11.1 Å². The molecule has 4 nitrogen and oxygen atoms in total. The number of nitrogens with zero attached hydrogens (tertiary/aromatic N) is 1. The van der Waals surface area contributed by atoms with Gasteiger partial charge in [0.05, 0.1) is 5.54 Å². The Hall–Kier alpha value is -0.260. The van der Waals surface area contributed by atoms with Crippen molar-refractivity contribution >= 4 is 17.7 Å². The van der Waals surface area contributed by atoms with E-state index in [0.717, 1.165) is 50.5 Å². The Kier molecular flexibility index (Phi) is 6.30. The zero-order valence-corrected chi connectivity index (χ0v) is 11.8. The van der Waals surface area contributed by atoms with Crippen LogP contribution in [0.3, 0.4) is 0 Å². The SMILES string of the molecule is CCN(CC)CCNC1(C(N)=O)CCSCC1. The summed E-state index contributed by atoms with van der Waals surface area (Å²) < 4.78 is 0. The van der Waals surface area contributed by atoms with Gasteiger partial charge in [0.15, 0.2) is 0 Å². The van der Waals surface area contributed by atoms with Crippen LogP contribution in [0.1, 0.15) is 26.7 Å². The molecule has 0 atom stereocenters. The van der Waals surface area contributed by atoms with E-state index in [0.29, 0.717) is 0 Å². The first-order valence-corrected chi connectivity index (χ1v) is 7.65. The Balaban J connectivity index is 2.42. The molecule has 17 heavy (non-hydrogen) atoms. The fourth-order valence-corrected chi connectivity index (χ4v) is 3.41. The second kappa shape index (κ2) is 7.24. The number of nitrogens with one attached hydrogen (secondary N) is 1. The van der Waals surface area contributed by atoms with Crippen molar-refractivity contribution in [2.75, 3.05) is 37.7 Å². The molecule has 0 bridgehead atoms. The molecule has 0 aliphatic carbocycles. The van der Waals surface area contributed by atoms with Crippen molar-refractivity contribution in [3.8, 4) is 0 Å². The summed E-state index contributed by atoms with van der Waals surface area (Å²) in [6, 6.07) is 0. The minimum absolute atomic E-state index is 0.183. The van der Waals surface area contributed by atoms with Crippen molar-refractivity contribution in [1.29, 1.82) is 0 Å². The minimum Gasteiger partial charge on any atom is -0.368 e. The lowest BCUT2D eigenvalue weighted by Gasteiger charge is -2.35. The predicted molar refractivity (Wildman–Crippen MR) is 74.3 cm³/mol. The van der Waals surface area contributed by atoms with E-state index in [4.69, 9.17) is 5.73 Å². The number of nitrogens with two attached hydrogens (primary N) is 1. The Morgan fingerprint density at radius 2 is 1.94 bits per heavy atom. The molecule has 5 heteroatoms. The number of rotatable bonds is 7. The van der Waals surface area contributed by atoms with Crippen molar-refractivity contribution in [2.45, 2.75) is 32.2 Å². The molecule has 100 valence electrons. The third kappa shape index (κ3) is 4.16. The van der Waals surface area contributed by atoms with Gasteiger partial charge in [-0.3, -0.25) is 4.79 Å². The highest BCUT2D eigenvalue weighted by Gasteiger charge is 2.37. The zero-order valence-electron chi connectivity index (χ0n) is 11.0. The van der Waals surface area contributed by atoms with Crippen LogP contribution in [-0.2, 0) is 4.79 Å². The standard InChI is InChI=1S/C12H25N3OS/c1-3-15(4-2)8-7-14-12(11(13)16)5-9-17-10-6-12/h14H,3-10H2,1-2H3,(H2,13,16). The smallest absolute Gasteiger partial charge is 0.237 e. The van der Waals surface area contributed by atoms with Gasteiger partial charge in [-0.15, -0.1) is 0 Å². The molecule has 0 aromatic rings. The second-order valence-corrected chi connectivity index (χ2v) is 5.74. The van der Waals surface area contributed by atoms with Gasteiger partial charge in [-0.2, -0.15) is 11.8 Å². The van der Waals surface area contributed by atoms with Crippen LogP contribution in [0.2, 0.25) is 0 Å². The summed E-state index contributed by atoms with van der Waals surface area (Å²) in [5.74, 6) is 1.87. The maximum absolute atomic E-state index is 11.6. The summed E-state index contributed by atoms with van der Waals surface area (Å²) in [4.78, 5) is 14.0. The van der Waals surface area contributed by atoms with Gasteiger partial charge in [0.2, 0.25) is 5.91 Å². The van der Waals surface area contributed by atoms with Crippen LogP contribution in [0.5, 0.6) is 0 Å². The van der Waals surface area contributed by atoms with E-state index in [9.17, 15) is 4.79 Å². The first-order valence-electron chi connectivity index (χ1n) is 6.49. The van der Waals surface area contributed by atoms with Gasteiger partial charge >= 0.3 is 0 Å². The molecule has 0 spiro atoms. The number of primary amides is 1. The summed E-state index contributed by atoms with van der Waals surface area (Å²) >= 11 is 1.91. The van der Waals surface area contributed by atoms with E-state index in [1.165, 1.54) is 0 Å². The summed E-state index contributed by atoms with van der Waals surface area (Å²) in [5.41, 5.74) is 5.11. The van der Waals surface area contributed by atoms with Gasteiger partial charge < -0.3 is 16.0 Å². The quantitative estimate of drug-likeness (QED) is 0.705. The number of hydrogen-bond acceptors (Lipinski definition) is 4. The fraction of sp³-hybridized carbons (Fsp3) is 0.917. The van der Waals surface area contributed by atoms with Crippen LogP contribution in [0.15, 0.2) is 0 Å². The van der Waals surface area contributed by atoms with Crippen LogP contribution in [0.4, 0.5) is 0 Å². The summed E-state index contributed by atoms with van der Waals surface area (Å²) in [5, 5.41) is 3.40. The largest absolute Gasteiger partial charge is 0.368 e. The average molecular weight is 259 g/mol. The van der Waals surface area contributed by atoms with Gasteiger partial charge in [-0.25, -0.2) is 0 Å². The highest BCUT2D eigenvalue weighted by molar-refractivity contribution is 7.99. The molecule has 0 unspecified atom stereocenters. The highest BCUT2D eigenvalue weighted by atomic mass is 32.2. The molecule has 1 aliphatic heterocycles. The van der Waals surface area contributed by atoms with Gasteiger partial charge in [0.1, 0.15) is 0 Å². The van der Waals surface area contributed by atoms with Crippen LogP contribution >= 0.6 is 11.8 Å². The van der Waals surface area contributed by atoms with Crippen molar-refractivity contribution < 1.29 is 4.79 Å². The molecular formula is C12H25N3OS. The van der Waals surface area contributed by atoms with E-state index in [1.54, 1.807) is 0 Å². The van der Waals surface area contributed by atoms with E-state index < -0.39 is 5.54 Å². The number of thioether (sulfide) groups is 1. The first-order chi connectivity index (χ1) is 8.14. The fourth-order valence-electron chi connectivity index (χ4n) is 2.22. The molecular weight excluding hydrogens is 234 g/mol. The Morgan fingerprint density at radius 1 is 1.35 bits per heavy atom. The number of carbonyl (C=O) groups excluding carboxylic acids is 1. The number of carbonyl (C=O) groups is 1. The molecule has 0 aromatic heterocycles. The third-order valence-electron chi connectivity index (χ3n) is 3.60. The highest BCUT2D eigenvalue weighted by Crippen LogP contribution is 2.26. The van der Waals surface area contributed by atoms with Crippen molar-refractivity contribution in [3.05, 3.63) is 0 Å². The van der Waals surface area contributed by atoms with Crippen LogP contribution in [0.25, 0.3) is 0 Å². The van der Waals surface area contributed by atoms with E-state index in [2.05, 4.69) is 24.1 Å². The summed E-state index contributed by atoms with van der Waals surface area (Å²) in [6.45, 7) is 8.24. The van der Waals surface area contributed by atoms with Gasteiger partial charge in [0, 0.05) is 13.1 Å². The molecule has 3 N–H and O–H groups in total. The lowest BCUT2D eigenvalue weighted by molar-refractivity contribution is -0.124. The van der Waals surface area contributed by atoms with Crippen molar-refractivity contribution in [3.63, 3.8) is 0 Å². The topological polar surface area (TPSA) is 58.4 Å². The molecule has 0 radical (unpaired) electrons. The zero-order chi connectivity index (χ0) is 12.7. The van der Waals surface area contributed by atoms with E-state index in [-0.39, 0.29) is 5.91 Å². The Labute approximate surface area is 109 Å². The third-order valence-corrected chi connectivity index (χ3v) is 4.59. The monoisotopic (exact) mass is 259 g/mol. The summed E-state index contributed by atoms with van der Waals surface area (Å²) in [6.07, 6.45) is 1.73. The number of likely N-dealkylation sites (N-methyl/N-ethyl adjacent to an activating group) is 1. The molecule has 1 aliphatic rings. The maximum atomic E-state index is 11.6. The molecule has 1 amide bonds. The van der Waals surface area contributed by atoms with Gasteiger partial charge in [-0.1, -0.05) is 13.8 Å². The Bertz CT molecular complexity index is 238. The van der Waals surface area contributed by atoms with Crippen LogP contribution in [0, 0.1) is 0 Å². The molecule has 1 heterocycles. The lowest BCUT2D eigenvalue weighted by Crippen LogP contribution is -2.58. The maximum Gasteiger partial charge on any atom is 0.237 e. The normalized spacial score (nSPS) is 19.5. The summed E-state index contributed by atoms with van der Waals surface area (Å²) in [7, 11) is 0. The number of amides is 1. The average Bonchev–Trinajstić information content (AvgIpc) is 2.35. The predicted octanol–water partition coefficient (Wildman–Crippen LogP) is 0.669.